The molecular weight excluding hydrogens is 446 g/mol. The molecule has 1 aromatic carbocycles. The highest BCUT2D eigenvalue weighted by molar-refractivity contribution is 5.42. The Kier molecular flexibility index (Phi) is 9.35. The number of hydrogen-bond acceptors (Lipinski definition) is 4. The largest absolute Gasteiger partial charge is 0.416 e. The summed E-state index contributed by atoms with van der Waals surface area (Å²) in [7, 11) is 0. The highest BCUT2D eigenvalue weighted by atomic mass is 19.4. The van der Waals surface area contributed by atoms with Crippen LogP contribution < -0.4 is 0 Å². The molecule has 0 atom stereocenters. The van der Waals surface area contributed by atoms with Crippen molar-refractivity contribution < 1.29 is 41.7 Å². The normalized spacial score (nSPS) is 15.9. The van der Waals surface area contributed by atoms with Gasteiger partial charge in [0, 0.05) is 12.2 Å². The van der Waals surface area contributed by atoms with Crippen molar-refractivity contribution in [3.63, 3.8) is 0 Å². The molecular formula is C20H24F6N2O4. The van der Waals surface area contributed by atoms with Gasteiger partial charge in [0.2, 0.25) is 0 Å². The molecule has 0 unspecified atom stereocenters. The maximum Gasteiger partial charge on any atom is 0.416 e. The van der Waals surface area contributed by atoms with Crippen LogP contribution in [0.5, 0.6) is 0 Å². The molecule has 1 aromatic rings. The fourth-order valence-corrected chi connectivity index (χ4v) is 3.28. The lowest BCUT2D eigenvalue weighted by Crippen LogP contribution is -2.40. The summed E-state index contributed by atoms with van der Waals surface area (Å²) in [5.74, 6) is 5.49. The van der Waals surface area contributed by atoms with Crippen molar-refractivity contribution in [2.75, 3.05) is 26.2 Å². The number of nitrogens with zero attached hydrogens (tertiary/aromatic N) is 2. The van der Waals surface area contributed by atoms with Crippen LogP contribution in [-0.2, 0) is 12.4 Å². The number of likely N-dealkylation sites (tertiary alicyclic amines) is 1. The molecule has 0 saturated carbocycles. The van der Waals surface area contributed by atoms with E-state index in [1.807, 2.05) is 18.7 Å². The summed E-state index contributed by atoms with van der Waals surface area (Å²) in [5, 5.41) is 23.1. The molecule has 1 saturated heterocycles. The minimum absolute atomic E-state index is 0.0918. The van der Waals surface area contributed by atoms with E-state index < -0.39 is 28.6 Å². The van der Waals surface area contributed by atoms with Gasteiger partial charge in [-0.3, -0.25) is 4.90 Å². The summed E-state index contributed by atoms with van der Waals surface area (Å²) >= 11 is 0. The molecule has 2 N–H and O–H groups in total. The average molecular weight is 470 g/mol. The highest BCUT2D eigenvalue weighted by Gasteiger charge is 2.37. The van der Waals surface area contributed by atoms with E-state index in [-0.39, 0.29) is 30.2 Å². The topological polar surface area (TPSA) is 86.8 Å². The van der Waals surface area contributed by atoms with Gasteiger partial charge in [0.25, 0.3) is 5.09 Å². The molecule has 1 aliphatic heterocycles. The minimum atomic E-state index is -4.88. The van der Waals surface area contributed by atoms with Gasteiger partial charge in [-0.1, -0.05) is 25.7 Å². The fourth-order valence-electron chi connectivity index (χ4n) is 3.28. The third kappa shape index (κ3) is 8.92. The Morgan fingerprint density at radius 2 is 1.50 bits per heavy atom. The zero-order valence-electron chi connectivity index (χ0n) is 17.4. The first-order valence-electron chi connectivity index (χ1n) is 9.51. The fraction of sp³-hybridized carbons (Fsp3) is 0.600. The third-order valence-electron chi connectivity index (χ3n) is 5.22. The van der Waals surface area contributed by atoms with Gasteiger partial charge in [-0.15, -0.1) is 10.1 Å². The Morgan fingerprint density at radius 3 is 1.88 bits per heavy atom. The van der Waals surface area contributed by atoms with Gasteiger partial charge < -0.3 is 10.3 Å². The molecule has 0 bridgehead atoms. The molecule has 1 aliphatic rings. The number of piperidine rings is 1. The van der Waals surface area contributed by atoms with E-state index in [2.05, 4.69) is 11.8 Å². The van der Waals surface area contributed by atoms with Crippen LogP contribution in [0, 0.1) is 33.3 Å². The van der Waals surface area contributed by atoms with Crippen LogP contribution in [0.4, 0.5) is 26.3 Å². The number of aliphatic hydroxyl groups is 1. The molecule has 1 fully saturated rings. The van der Waals surface area contributed by atoms with Crippen molar-refractivity contribution >= 4 is 0 Å². The van der Waals surface area contributed by atoms with E-state index in [0.29, 0.717) is 18.1 Å². The van der Waals surface area contributed by atoms with Crippen LogP contribution in [0.3, 0.4) is 0 Å². The highest BCUT2D eigenvalue weighted by Crippen LogP contribution is 2.36. The number of rotatable bonds is 3. The number of hydrogen-bond donors (Lipinski definition) is 2. The van der Waals surface area contributed by atoms with Crippen molar-refractivity contribution in [2.24, 2.45) is 11.3 Å². The SMILES string of the molecule is CC(C)(CO)C1CCN(CC#Cc2cc(C(F)(F)F)cc(C(F)(F)F)c2)CC1.O=[N+]([O-])O. The van der Waals surface area contributed by atoms with E-state index in [4.69, 9.17) is 15.3 Å². The number of halogens is 6. The van der Waals surface area contributed by atoms with Crippen molar-refractivity contribution in [3.05, 3.63) is 45.0 Å². The third-order valence-corrected chi connectivity index (χ3v) is 5.22. The van der Waals surface area contributed by atoms with Crippen LogP contribution in [0.1, 0.15) is 43.4 Å². The molecule has 32 heavy (non-hydrogen) atoms. The second-order valence-corrected chi connectivity index (χ2v) is 8.03. The molecule has 0 spiro atoms. The standard InChI is InChI=1S/C20H23F6NO.HNO3/c1-18(2,13-28)15-5-8-27(9-6-15)7-3-4-14-10-16(19(21,22)23)12-17(11-14)20(24,25)26;2-1(3)4/h10-12,15,28H,5-9,13H2,1-2H3;(H,2,3,4). The summed E-state index contributed by atoms with van der Waals surface area (Å²) in [6.07, 6.45) is -8.04. The van der Waals surface area contributed by atoms with Crippen molar-refractivity contribution in [2.45, 2.75) is 39.0 Å². The lowest BCUT2D eigenvalue weighted by Gasteiger charge is -2.39. The Hall–Kier alpha value is -2.52. The monoisotopic (exact) mass is 470 g/mol. The first kappa shape index (κ1) is 27.5. The predicted octanol–water partition coefficient (Wildman–Crippen LogP) is 4.46. The van der Waals surface area contributed by atoms with Crippen LogP contribution in [0.2, 0.25) is 0 Å². The number of benzene rings is 1. The van der Waals surface area contributed by atoms with Crippen LogP contribution >= 0.6 is 0 Å². The van der Waals surface area contributed by atoms with Gasteiger partial charge in [0.1, 0.15) is 0 Å². The number of alkyl halides is 6. The first-order valence-corrected chi connectivity index (χ1v) is 9.51. The number of aliphatic hydroxyl groups excluding tert-OH is 1. The zero-order chi connectivity index (χ0) is 24.7. The molecule has 180 valence electrons. The van der Waals surface area contributed by atoms with Gasteiger partial charge in [-0.25, -0.2) is 0 Å². The van der Waals surface area contributed by atoms with E-state index in [1.165, 1.54) is 0 Å². The van der Waals surface area contributed by atoms with Gasteiger partial charge in [0.15, 0.2) is 0 Å². The van der Waals surface area contributed by atoms with Crippen LogP contribution in [0.15, 0.2) is 18.2 Å². The first-order chi connectivity index (χ1) is 14.6. The van der Waals surface area contributed by atoms with E-state index >= 15 is 0 Å². The summed E-state index contributed by atoms with van der Waals surface area (Å²) < 4.78 is 77.2. The van der Waals surface area contributed by atoms with Gasteiger partial charge in [-0.05, 0) is 55.5 Å². The predicted molar refractivity (Wildman–Crippen MR) is 102 cm³/mol. The molecule has 12 heteroatoms. The van der Waals surface area contributed by atoms with Crippen LogP contribution in [-0.4, -0.2) is 46.5 Å². The minimum Gasteiger partial charge on any atom is -0.396 e. The Labute approximate surface area is 180 Å². The maximum absolute atomic E-state index is 12.9. The van der Waals surface area contributed by atoms with E-state index in [1.54, 1.807) is 0 Å². The summed E-state index contributed by atoms with van der Waals surface area (Å²) in [5.41, 5.74) is -3.21. The van der Waals surface area contributed by atoms with E-state index in [9.17, 15) is 31.4 Å². The lowest BCUT2D eigenvalue weighted by atomic mass is 9.74. The van der Waals surface area contributed by atoms with Crippen LogP contribution in [0.25, 0.3) is 0 Å². The van der Waals surface area contributed by atoms with Crippen molar-refractivity contribution in [1.82, 2.24) is 4.90 Å². The van der Waals surface area contributed by atoms with Crippen molar-refractivity contribution in [3.8, 4) is 11.8 Å². The summed E-state index contributed by atoms with van der Waals surface area (Å²) in [4.78, 5) is 10.4. The molecule has 0 radical (unpaired) electrons. The van der Waals surface area contributed by atoms with Gasteiger partial charge in [-0.2, -0.15) is 26.3 Å². The quantitative estimate of drug-likeness (QED) is 0.295. The molecule has 0 aromatic heterocycles. The molecule has 6 nitrogen and oxygen atoms in total. The molecule has 0 aliphatic carbocycles. The smallest absolute Gasteiger partial charge is 0.396 e. The second kappa shape index (κ2) is 10.9. The van der Waals surface area contributed by atoms with Crippen molar-refractivity contribution in [1.29, 1.82) is 0 Å². The Balaban J connectivity index is 0.00000118. The second-order valence-electron chi connectivity index (χ2n) is 8.03. The average Bonchev–Trinajstić information content (AvgIpc) is 2.66. The molecule has 1 heterocycles. The molecule has 0 amide bonds. The Morgan fingerprint density at radius 1 is 1.06 bits per heavy atom. The summed E-state index contributed by atoms with van der Waals surface area (Å²) in [6, 6.07) is 1.37. The van der Waals surface area contributed by atoms with Gasteiger partial charge >= 0.3 is 12.4 Å². The Bertz CT molecular complexity index is 799. The maximum atomic E-state index is 12.9. The summed E-state index contributed by atoms with van der Waals surface area (Å²) in [6.45, 7) is 5.80. The molecule has 2 rings (SSSR count). The van der Waals surface area contributed by atoms with Gasteiger partial charge in [0.05, 0.1) is 17.7 Å². The zero-order valence-corrected chi connectivity index (χ0v) is 17.4. The van der Waals surface area contributed by atoms with E-state index in [0.717, 1.165) is 25.9 Å². The lowest BCUT2D eigenvalue weighted by molar-refractivity contribution is -0.742.